The third kappa shape index (κ3) is 5.60. The van der Waals surface area contributed by atoms with Gasteiger partial charge in [-0.1, -0.05) is 37.5 Å². The molecule has 1 aliphatic heterocycles. The predicted molar refractivity (Wildman–Crippen MR) is 151 cm³/mol. The maximum absolute atomic E-state index is 13.3. The minimum absolute atomic E-state index is 0.0865. The molecule has 39 heavy (non-hydrogen) atoms. The second-order valence-electron chi connectivity index (χ2n) is 10.3. The van der Waals surface area contributed by atoms with Gasteiger partial charge in [0.15, 0.2) is 5.65 Å². The fourth-order valence-corrected chi connectivity index (χ4v) is 6.74. The van der Waals surface area contributed by atoms with Gasteiger partial charge in [0.2, 0.25) is 10.0 Å². The Labute approximate surface area is 229 Å². The number of piperidine rings is 1. The fraction of sp³-hybridized carbons (Fsp3) is 0.429. The van der Waals surface area contributed by atoms with Crippen LogP contribution in [0.25, 0.3) is 11.3 Å². The molecule has 1 aromatic carbocycles. The number of hydrogen-bond acceptors (Lipinski definition) is 6. The number of nitrogens with one attached hydrogen (secondary N) is 1. The monoisotopic (exact) mass is 549 g/mol. The van der Waals surface area contributed by atoms with Crippen molar-refractivity contribution in [3.63, 3.8) is 0 Å². The van der Waals surface area contributed by atoms with Crippen molar-refractivity contribution in [2.45, 2.75) is 64.0 Å². The van der Waals surface area contributed by atoms with E-state index in [0.29, 0.717) is 49.4 Å². The lowest BCUT2D eigenvalue weighted by Gasteiger charge is -2.32. The van der Waals surface area contributed by atoms with Gasteiger partial charge in [-0.25, -0.2) is 26.9 Å². The second-order valence-corrected chi connectivity index (χ2v) is 12.6. The summed E-state index contributed by atoms with van der Waals surface area (Å²) in [4.78, 5) is 17.6. The summed E-state index contributed by atoms with van der Waals surface area (Å²) in [7, 11) is -3.31. The molecule has 4 aromatic rings. The molecule has 11 heteroatoms. The molecule has 206 valence electrons. The van der Waals surface area contributed by atoms with Crippen molar-refractivity contribution in [3.05, 3.63) is 71.8 Å². The van der Waals surface area contributed by atoms with Gasteiger partial charge >= 0.3 is 0 Å². The third-order valence-corrected chi connectivity index (χ3v) is 9.81. The van der Waals surface area contributed by atoms with Crippen molar-refractivity contribution in [1.29, 1.82) is 0 Å². The zero-order valence-corrected chi connectivity index (χ0v) is 23.4. The summed E-state index contributed by atoms with van der Waals surface area (Å²) in [6.45, 7) is 6.85. The van der Waals surface area contributed by atoms with Gasteiger partial charge < -0.3 is 5.32 Å². The highest BCUT2D eigenvalue weighted by Gasteiger charge is 2.33. The molecule has 4 heterocycles. The molecule has 1 saturated heterocycles. The molecule has 1 atom stereocenters. The smallest absolute Gasteiger partial charge is 0.262 e. The molecular formula is C28H35N7O3S. The van der Waals surface area contributed by atoms with Crippen LogP contribution in [0, 0.1) is 6.92 Å². The Morgan fingerprint density at radius 2 is 1.92 bits per heavy atom. The quantitative estimate of drug-likeness (QED) is 0.327. The molecule has 1 aliphatic rings. The number of amides is 1. The van der Waals surface area contributed by atoms with E-state index in [9.17, 15) is 13.2 Å². The minimum atomic E-state index is -3.31. The summed E-state index contributed by atoms with van der Waals surface area (Å²) in [6.07, 6.45) is 8.80. The van der Waals surface area contributed by atoms with Gasteiger partial charge in [-0.3, -0.25) is 4.79 Å². The number of fused-ring (bicyclic) bond motifs is 1. The van der Waals surface area contributed by atoms with Crippen LogP contribution in [-0.4, -0.2) is 61.3 Å². The number of aryl methyl sites for hydroxylation is 1. The summed E-state index contributed by atoms with van der Waals surface area (Å²) in [6, 6.07) is 11.6. The average molecular weight is 550 g/mol. The third-order valence-electron chi connectivity index (χ3n) is 7.48. The highest BCUT2D eigenvalue weighted by Crippen LogP contribution is 2.32. The van der Waals surface area contributed by atoms with Crippen LogP contribution < -0.4 is 5.32 Å². The maximum atomic E-state index is 13.3. The summed E-state index contributed by atoms with van der Waals surface area (Å²) in [5.74, 6) is 0.297. The van der Waals surface area contributed by atoms with Crippen molar-refractivity contribution in [2.24, 2.45) is 0 Å². The number of unbranched alkanes of at least 4 members (excludes halogenated alkanes) is 1. The van der Waals surface area contributed by atoms with Crippen LogP contribution in [0.5, 0.6) is 0 Å². The molecule has 3 aromatic heterocycles. The molecule has 0 aliphatic carbocycles. The maximum Gasteiger partial charge on any atom is 0.262 e. The van der Waals surface area contributed by atoms with E-state index in [1.165, 1.54) is 6.20 Å². The Morgan fingerprint density at radius 3 is 2.64 bits per heavy atom. The largest absolute Gasteiger partial charge is 0.306 e. The molecular weight excluding hydrogens is 514 g/mol. The first-order valence-electron chi connectivity index (χ1n) is 13.5. The SMILES string of the molecule is CCCCC(C)S(=O)(=O)N1CCC(c2cc(NC(=O)c3cnn4cccnc34)n(-c3ccc(C)cc3)n2)CC1. The van der Waals surface area contributed by atoms with Crippen molar-refractivity contribution < 1.29 is 13.2 Å². The highest BCUT2D eigenvalue weighted by molar-refractivity contribution is 7.89. The Bertz CT molecular complexity index is 1550. The zero-order valence-electron chi connectivity index (χ0n) is 22.6. The lowest BCUT2D eigenvalue weighted by Crippen LogP contribution is -2.42. The number of hydrogen-bond donors (Lipinski definition) is 1. The number of carbonyl (C=O) groups excluding carboxylic acids is 1. The van der Waals surface area contributed by atoms with Gasteiger partial charge in [0.25, 0.3) is 5.91 Å². The Kier molecular flexibility index (Phi) is 7.81. The van der Waals surface area contributed by atoms with Gasteiger partial charge in [-0.15, -0.1) is 0 Å². The number of sulfonamides is 1. The van der Waals surface area contributed by atoms with Gasteiger partial charge in [0.05, 0.1) is 22.8 Å². The van der Waals surface area contributed by atoms with E-state index in [1.54, 1.807) is 32.0 Å². The first kappa shape index (κ1) is 27.0. The van der Waals surface area contributed by atoms with E-state index in [-0.39, 0.29) is 17.1 Å². The lowest BCUT2D eigenvalue weighted by molar-refractivity contribution is 0.102. The van der Waals surface area contributed by atoms with Gasteiger partial charge in [0.1, 0.15) is 11.4 Å². The molecule has 0 spiro atoms. The number of carbonyl (C=O) groups is 1. The molecule has 0 bridgehead atoms. The van der Waals surface area contributed by atoms with Crippen molar-refractivity contribution in [2.75, 3.05) is 18.4 Å². The van der Waals surface area contributed by atoms with E-state index in [4.69, 9.17) is 5.10 Å². The van der Waals surface area contributed by atoms with E-state index in [0.717, 1.165) is 29.8 Å². The Hall–Kier alpha value is -3.57. The highest BCUT2D eigenvalue weighted by atomic mass is 32.2. The molecule has 10 nitrogen and oxygen atoms in total. The number of benzene rings is 1. The Balaban J connectivity index is 1.38. The number of anilines is 1. The molecule has 0 radical (unpaired) electrons. The van der Waals surface area contributed by atoms with Gasteiger partial charge in [-0.05, 0) is 51.3 Å². The number of rotatable bonds is 9. The molecule has 1 amide bonds. The van der Waals surface area contributed by atoms with E-state index < -0.39 is 10.0 Å². The van der Waals surface area contributed by atoms with Gasteiger partial charge in [-0.2, -0.15) is 10.2 Å². The van der Waals surface area contributed by atoms with Crippen molar-refractivity contribution in [3.8, 4) is 5.69 Å². The van der Waals surface area contributed by atoms with Crippen LogP contribution in [0.3, 0.4) is 0 Å². The number of nitrogens with zero attached hydrogens (tertiary/aromatic N) is 6. The first-order chi connectivity index (χ1) is 18.8. The van der Waals surface area contributed by atoms with Crippen molar-refractivity contribution in [1.82, 2.24) is 28.7 Å². The topological polar surface area (TPSA) is 114 Å². The van der Waals surface area contributed by atoms with E-state index >= 15 is 0 Å². The molecule has 1 fully saturated rings. The molecule has 5 rings (SSSR count). The van der Waals surface area contributed by atoms with Crippen LogP contribution in [0.4, 0.5) is 5.82 Å². The molecule has 0 saturated carbocycles. The first-order valence-corrected chi connectivity index (χ1v) is 15.0. The van der Waals surface area contributed by atoms with E-state index in [2.05, 4.69) is 22.3 Å². The van der Waals surface area contributed by atoms with Crippen LogP contribution in [0.1, 0.15) is 73.5 Å². The normalized spacial score (nSPS) is 16.0. The standard InChI is InChI=1S/C28H35N7O3S/c1-4-5-7-21(3)39(37,38)33-16-12-22(13-17-33)25-18-26(35(32-25)23-10-8-20(2)9-11-23)31-28(36)24-19-30-34-15-6-14-29-27(24)34/h6,8-11,14-15,18-19,21-22H,4-5,7,12-13,16-17H2,1-3H3,(H,31,36). The fourth-order valence-electron chi connectivity index (χ4n) is 5.04. The average Bonchev–Trinajstić information content (AvgIpc) is 3.57. The van der Waals surface area contributed by atoms with Crippen molar-refractivity contribution >= 4 is 27.4 Å². The van der Waals surface area contributed by atoms with Crippen LogP contribution >= 0.6 is 0 Å². The molecule has 1 unspecified atom stereocenters. The predicted octanol–water partition coefficient (Wildman–Crippen LogP) is 4.56. The van der Waals surface area contributed by atoms with Crippen LogP contribution in [-0.2, 0) is 10.0 Å². The molecule has 1 N–H and O–H groups in total. The summed E-state index contributed by atoms with van der Waals surface area (Å²) in [5.41, 5.74) is 3.61. The van der Waals surface area contributed by atoms with Gasteiger partial charge in [0, 0.05) is 37.5 Å². The van der Waals surface area contributed by atoms with E-state index in [1.807, 2.05) is 44.2 Å². The van der Waals surface area contributed by atoms with Crippen LogP contribution in [0.2, 0.25) is 0 Å². The lowest BCUT2D eigenvalue weighted by atomic mass is 9.95. The minimum Gasteiger partial charge on any atom is -0.306 e. The second kappa shape index (κ2) is 11.3. The zero-order chi connectivity index (χ0) is 27.6. The van der Waals surface area contributed by atoms with Crippen LogP contribution in [0.15, 0.2) is 55.0 Å². The number of aromatic nitrogens is 5. The Morgan fingerprint density at radius 1 is 1.18 bits per heavy atom. The summed E-state index contributed by atoms with van der Waals surface area (Å²) < 4.78 is 31.1. The summed E-state index contributed by atoms with van der Waals surface area (Å²) >= 11 is 0. The summed E-state index contributed by atoms with van der Waals surface area (Å²) in [5, 5.41) is 11.8.